The maximum atomic E-state index is 13.4. The molecule has 0 aliphatic carbocycles. The van der Waals surface area contributed by atoms with Crippen molar-refractivity contribution in [2.45, 2.75) is 31.8 Å². The Labute approximate surface area is 227 Å². The van der Waals surface area contributed by atoms with Crippen LogP contribution in [0.3, 0.4) is 0 Å². The number of morpholine rings is 1. The number of ether oxygens (including phenoxy) is 2. The molecule has 1 amide bonds. The van der Waals surface area contributed by atoms with Crippen molar-refractivity contribution in [3.05, 3.63) is 83.5 Å². The lowest BCUT2D eigenvalue weighted by Gasteiger charge is -2.36. The van der Waals surface area contributed by atoms with E-state index in [0.29, 0.717) is 0 Å². The van der Waals surface area contributed by atoms with E-state index in [2.05, 4.69) is 57.7 Å². The van der Waals surface area contributed by atoms with Gasteiger partial charge in [0.15, 0.2) is 6.61 Å². The normalized spacial score (nSPS) is 18.5. The van der Waals surface area contributed by atoms with Gasteiger partial charge in [0.2, 0.25) is 0 Å². The third-order valence-electron chi connectivity index (χ3n) is 7.59. The van der Waals surface area contributed by atoms with Gasteiger partial charge in [-0.15, -0.1) is 11.3 Å². The zero-order valence-corrected chi connectivity index (χ0v) is 22.4. The fourth-order valence-corrected chi connectivity index (χ4v) is 6.55. The van der Waals surface area contributed by atoms with E-state index in [1.165, 1.54) is 21.2 Å². The second kappa shape index (κ2) is 11.6. The fraction of sp³-hybridized carbons (Fsp3) is 0.355. The van der Waals surface area contributed by atoms with E-state index in [-0.39, 0.29) is 18.6 Å². The summed E-state index contributed by atoms with van der Waals surface area (Å²) in [7, 11) is 0. The Hall–Kier alpha value is -3.26. The van der Waals surface area contributed by atoms with E-state index in [1.54, 1.807) is 17.5 Å². The van der Waals surface area contributed by atoms with Crippen LogP contribution in [0.25, 0.3) is 21.2 Å². The summed E-state index contributed by atoms with van der Waals surface area (Å²) in [4.78, 5) is 22.1. The molecule has 2 aliphatic heterocycles. The minimum absolute atomic E-state index is 0.0313. The molecule has 1 unspecified atom stereocenters. The molecule has 6 nitrogen and oxygen atoms in total. The molecular weight excluding hydrogens is 494 g/mol. The minimum Gasteiger partial charge on any atom is -0.483 e. The van der Waals surface area contributed by atoms with Crippen molar-refractivity contribution in [1.82, 2.24) is 14.8 Å². The van der Waals surface area contributed by atoms with E-state index < -0.39 is 0 Å². The van der Waals surface area contributed by atoms with Crippen molar-refractivity contribution in [2.24, 2.45) is 0 Å². The molecular formula is C31H33N3O3S. The van der Waals surface area contributed by atoms with Crippen molar-refractivity contribution < 1.29 is 14.3 Å². The van der Waals surface area contributed by atoms with Crippen molar-refractivity contribution in [3.8, 4) is 16.9 Å². The number of benzene rings is 2. The van der Waals surface area contributed by atoms with Gasteiger partial charge in [-0.1, -0.05) is 30.3 Å². The first kappa shape index (κ1) is 25.0. The molecule has 6 rings (SSSR count). The van der Waals surface area contributed by atoms with Crippen molar-refractivity contribution >= 4 is 27.3 Å². The minimum atomic E-state index is 0.0313. The Morgan fingerprint density at radius 1 is 1.05 bits per heavy atom. The van der Waals surface area contributed by atoms with Crippen LogP contribution in [0.2, 0.25) is 0 Å². The number of pyridine rings is 1. The Bertz CT molecular complexity index is 1380. The predicted molar refractivity (Wildman–Crippen MR) is 151 cm³/mol. The summed E-state index contributed by atoms with van der Waals surface area (Å²) < 4.78 is 13.1. The molecule has 4 heterocycles. The number of rotatable bonds is 7. The van der Waals surface area contributed by atoms with E-state index in [0.717, 1.165) is 75.5 Å². The van der Waals surface area contributed by atoms with E-state index in [9.17, 15) is 4.79 Å². The van der Waals surface area contributed by atoms with Crippen LogP contribution in [0.4, 0.5) is 0 Å². The summed E-state index contributed by atoms with van der Waals surface area (Å²) in [6.45, 7) is 4.84. The highest BCUT2D eigenvalue weighted by molar-refractivity contribution is 7.17. The van der Waals surface area contributed by atoms with Crippen LogP contribution in [0.5, 0.6) is 5.75 Å². The van der Waals surface area contributed by atoms with Crippen molar-refractivity contribution in [2.75, 3.05) is 39.5 Å². The van der Waals surface area contributed by atoms with Gasteiger partial charge in [-0.2, -0.15) is 0 Å². The molecule has 0 spiro atoms. The lowest BCUT2D eigenvalue weighted by atomic mass is 9.96. The number of aromatic nitrogens is 1. The van der Waals surface area contributed by atoms with E-state index in [4.69, 9.17) is 9.47 Å². The first-order valence-corrected chi connectivity index (χ1v) is 14.4. The molecule has 2 aromatic carbocycles. The van der Waals surface area contributed by atoms with Gasteiger partial charge in [-0.05, 0) is 60.0 Å². The number of carbonyl (C=O) groups is 1. The number of thiophene rings is 1. The predicted octanol–water partition coefficient (Wildman–Crippen LogP) is 5.93. The lowest BCUT2D eigenvalue weighted by Crippen LogP contribution is -2.41. The molecule has 0 bridgehead atoms. The number of fused-ring (bicyclic) bond motifs is 1. The highest BCUT2D eigenvalue weighted by atomic mass is 32.1. The van der Waals surface area contributed by atoms with Crippen LogP contribution in [-0.4, -0.2) is 60.1 Å². The summed E-state index contributed by atoms with van der Waals surface area (Å²) in [6.07, 6.45) is 6.76. The standard InChI is InChI=1S/C31H33N3O3S/c35-31(34-13-4-3-8-28(34)24-6-5-12-32-19-24)21-37-29-11-10-23(18-25(29)20-33-14-16-36-17-15-33)27-22-38-30-9-2-1-7-26(27)30/h1-2,5-7,9-12,18-19,22,28H,3-4,8,13-17,20-21H2. The van der Waals surface area contributed by atoms with Gasteiger partial charge >= 0.3 is 0 Å². The van der Waals surface area contributed by atoms with Crippen LogP contribution in [-0.2, 0) is 16.1 Å². The molecule has 1 atom stereocenters. The summed E-state index contributed by atoms with van der Waals surface area (Å²) in [5, 5.41) is 3.50. The monoisotopic (exact) mass is 527 g/mol. The Kier molecular flexibility index (Phi) is 7.67. The van der Waals surface area contributed by atoms with Crippen LogP contribution in [0.15, 0.2) is 72.4 Å². The van der Waals surface area contributed by atoms with Crippen molar-refractivity contribution in [1.29, 1.82) is 0 Å². The molecule has 2 aromatic heterocycles. The molecule has 0 N–H and O–H groups in total. The number of amides is 1. The van der Waals surface area contributed by atoms with Gasteiger partial charge in [-0.25, -0.2) is 0 Å². The number of likely N-dealkylation sites (tertiary alicyclic amines) is 1. The number of hydrogen-bond acceptors (Lipinski definition) is 6. The smallest absolute Gasteiger partial charge is 0.261 e. The maximum Gasteiger partial charge on any atom is 0.261 e. The van der Waals surface area contributed by atoms with Crippen LogP contribution >= 0.6 is 11.3 Å². The first-order valence-electron chi connectivity index (χ1n) is 13.5. The average molecular weight is 528 g/mol. The molecule has 38 heavy (non-hydrogen) atoms. The van der Waals surface area contributed by atoms with Gasteiger partial charge in [0.25, 0.3) is 5.91 Å². The largest absolute Gasteiger partial charge is 0.483 e. The Morgan fingerprint density at radius 3 is 2.82 bits per heavy atom. The Balaban J connectivity index is 1.24. The highest BCUT2D eigenvalue weighted by Gasteiger charge is 2.28. The molecule has 7 heteroatoms. The van der Waals surface area contributed by atoms with Gasteiger partial charge in [0.05, 0.1) is 19.3 Å². The molecule has 2 aliphatic rings. The number of piperidine rings is 1. The number of nitrogens with zero attached hydrogens (tertiary/aromatic N) is 3. The number of hydrogen-bond donors (Lipinski definition) is 0. The molecule has 0 saturated carbocycles. The summed E-state index contributed by atoms with van der Waals surface area (Å²) in [6, 6.07) is 19.0. The zero-order chi connectivity index (χ0) is 25.7. The van der Waals surface area contributed by atoms with Gasteiger partial charge in [-0.3, -0.25) is 14.7 Å². The molecule has 4 aromatic rings. The molecule has 2 saturated heterocycles. The van der Waals surface area contributed by atoms with Crippen LogP contribution < -0.4 is 4.74 Å². The first-order chi connectivity index (χ1) is 18.8. The number of carbonyl (C=O) groups excluding carboxylic acids is 1. The maximum absolute atomic E-state index is 13.4. The third kappa shape index (κ3) is 5.46. The lowest BCUT2D eigenvalue weighted by molar-refractivity contribution is -0.137. The summed E-state index contributed by atoms with van der Waals surface area (Å²) in [5.74, 6) is 0.812. The summed E-state index contributed by atoms with van der Waals surface area (Å²) in [5.41, 5.74) is 4.62. The van der Waals surface area contributed by atoms with Gasteiger partial charge in [0.1, 0.15) is 5.75 Å². The van der Waals surface area contributed by atoms with Crippen LogP contribution in [0, 0.1) is 0 Å². The molecule has 2 fully saturated rings. The topological polar surface area (TPSA) is 54.9 Å². The molecule has 196 valence electrons. The zero-order valence-electron chi connectivity index (χ0n) is 21.6. The fourth-order valence-electron chi connectivity index (χ4n) is 5.59. The SMILES string of the molecule is O=C(COc1ccc(-c2csc3ccccc23)cc1CN1CCOCC1)N1CCCCC1c1cccnc1. The quantitative estimate of drug-likeness (QED) is 0.298. The second-order valence-electron chi connectivity index (χ2n) is 10.0. The summed E-state index contributed by atoms with van der Waals surface area (Å²) >= 11 is 1.77. The van der Waals surface area contributed by atoms with Crippen molar-refractivity contribution in [3.63, 3.8) is 0 Å². The van der Waals surface area contributed by atoms with E-state index in [1.807, 2.05) is 23.2 Å². The van der Waals surface area contributed by atoms with Gasteiger partial charge in [0, 0.05) is 59.8 Å². The van der Waals surface area contributed by atoms with Gasteiger partial charge < -0.3 is 14.4 Å². The Morgan fingerprint density at radius 2 is 1.95 bits per heavy atom. The third-order valence-corrected chi connectivity index (χ3v) is 8.56. The highest BCUT2D eigenvalue weighted by Crippen LogP contribution is 2.36. The van der Waals surface area contributed by atoms with E-state index >= 15 is 0 Å². The van der Waals surface area contributed by atoms with Crippen LogP contribution in [0.1, 0.15) is 36.4 Å². The molecule has 0 radical (unpaired) electrons. The average Bonchev–Trinajstić information content (AvgIpc) is 3.42. The second-order valence-corrected chi connectivity index (χ2v) is 10.9.